The molecular formula is C18H19ClINO2S. The summed E-state index contributed by atoms with van der Waals surface area (Å²) in [4.78, 5) is 15.4. The molecule has 24 heavy (non-hydrogen) atoms. The number of carbonyl (C=O) groups is 1. The number of amides is 1. The molecular weight excluding hydrogens is 457 g/mol. The predicted octanol–water partition coefficient (Wildman–Crippen LogP) is 5.76. The molecule has 6 heteroatoms. The number of nitrogens with zero attached hydrogens (tertiary/aromatic N) is 1. The highest BCUT2D eigenvalue weighted by molar-refractivity contribution is 14.1. The van der Waals surface area contributed by atoms with Gasteiger partial charge in [-0.3, -0.25) is 0 Å². The smallest absolute Gasteiger partial charge is 0.410 e. The molecule has 2 aromatic carbocycles. The normalized spacial score (nSPS) is 11.8. The van der Waals surface area contributed by atoms with E-state index in [0.717, 1.165) is 20.1 Å². The average molecular weight is 476 g/mol. The van der Waals surface area contributed by atoms with Crippen LogP contribution >= 0.6 is 46.0 Å². The van der Waals surface area contributed by atoms with Crippen LogP contribution < -0.4 is 4.74 Å². The molecule has 0 aliphatic heterocycles. The largest absolute Gasteiger partial charge is 0.415 e. The van der Waals surface area contributed by atoms with Gasteiger partial charge in [0.15, 0.2) is 0 Å². The monoisotopic (exact) mass is 475 g/mol. The van der Waals surface area contributed by atoms with Crippen LogP contribution in [0.2, 0.25) is 5.02 Å². The minimum absolute atomic E-state index is 0.118. The Labute approximate surface area is 165 Å². The van der Waals surface area contributed by atoms with Crippen LogP contribution in [0.4, 0.5) is 4.79 Å². The zero-order chi connectivity index (χ0) is 17.4. The molecule has 0 fully saturated rings. The topological polar surface area (TPSA) is 29.5 Å². The second kappa shape index (κ2) is 10.2. The number of para-hydroxylation sites is 1. The lowest BCUT2D eigenvalue weighted by atomic mass is 10.3. The van der Waals surface area contributed by atoms with E-state index in [1.54, 1.807) is 28.8 Å². The summed E-state index contributed by atoms with van der Waals surface area (Å²) >= 11 is 9.88. The third-order valence-electron chi connectivity index (χ3n) is 3.35. The lowest BCUT2D eigenvalue weighted by Crippen LogP contribution is -2.42. The van der Waals surface area contributed by atoms with Crippen molar-refractivity contribution in [3.05, 3.63) is 59.6 Å². The molecule has 128 valence electrons. The van der Waals surface area contributed by atoms with E-state index in [-0.39, 0.29) is 12.1 Å². The highest BCUT2D eigenvalue weighted by Crippen LogP contribution is 2.21. The fourth-order valence-electron chi connectivity index (χ4n) is 2.02. The van der Waals surface area contributed by atoms with E-state index in [9.17, 15) is 4.79 Å². The van der Waals surface area contributed by atoms with Crippen molar-refractivity contribution in [2.24, 2.45) is 0 Å². The Balaban J connectivity index is 1.92. The van der Waals surface area contributed by atoms with Crippen LogP contribution in [0, 0.1) is 0 Å². The number of halogens is 2. The fraction of sp³-hybridized carbons (Fsp3) is 0.278. The summed E-state index contributed by atoms with van der Waals surface area (Å²) in [5.41, 5.74) is 0. The number of benzene rings is 2. The minimum Gasteiger partial charge on any atom is -0.410 e. The van der Waals surface area contributed by atoms with E-state index in [1.807, 2.05) is 49.4 Å². The van der Waals surface area contributed by atoms with Crippen molar-refractivity contribution in [2.75, 3.05) is 16.7 Å². The summed E-state index contributed by atoms with van der Waals surface area (Å²) in [5, 5.41) is 0.728. The van der Waals surface area contributed by atoms with Crippen LogP contribution in [0.1, 0.15) is 6.92 Å². The third kappa shape index (κ3) is 6.18. The van der Waals surface area contributed by atoms with Gasteiger partial charge in [-0.15, -0.1) is 11.8 Å². The van der Waals surface area contributed by atoms with Crippen molar-refractivity contribution < 1.29 is 9.53 Å². The van der Waals surface area contributed by atoms with Crippen LogP contribution in [-0.2, 0) is 0 Å². The van der Waals surface area contributed by atoms with Crippen molar-refractivity contribution in [3.63, 3.8) is 0 Å². The first-order chi connectivity index (χ1) is 11.6. The maximum absolute atomic E-state index is 12.5. The Hall–Kier alpha value is -0.920. The van der Waals surface area contributed by atoms with E-state index in [4.69, 9.17) is 16.3 Å². The van der Waals surface area contributed by atoms with Gasteiger partial charge in [0.05, 0.1) is 0 Å². The molecule has 1 unspecified atom stereocenters. The Morgan fingerprint density at radius 1 is 1.21 bits per heavy atom. The summed E-state index contributed by atoms with van der Waals surface area (Å²) in [6, 6.07) is 17.0. The van der Waals surface area contributed by atoms with Crippen molar-refractivity contribution in [1.29, 1.82) is 0 Å². The molecule has 1 atom stereocenters. The Morgan fingerprint density at radius 3 is 2.50 bits per heavy atom. The highest BCUT2D eigenvalue weighted by atomic mass is 127. The van der Waals surface area contributed by atoms with Gasteiger partial charge in [-0.2, -0.15) is 0 Å². The third-order valence-corrected chi connectivity index (χ3v) is 5.87. The van der Waals surface area contributed by atoms with Gasteiger partial charge in [-0.1, -0.05) is 52.4 Å². The van der Waals surface area contributed by atoms with Crippen LogP contribution in [0.3, 0.4) is 0 Å². The number of alkyl halides is 1. The molecule has 0 bridgehead atoms. The number of hydrogen-bond donors (Lipinski definition) is 0. The molecule has 0 aliphatic carbocycles. The van der Waals surface area contributed by atoms with Gasteiger partial charge in [-0.05, 0) is 43.3 Å². The van der Waals surface area contributed by atoms with Crippen molar-refractivity contribution >= 4 is 52.0 Å². The minimum atomic E-state index is -0.304. The standard InChI is InChI=1S/C18H19ClINO2S/c1-14(13-20)21(18(22)23-16-5-3-2-4-6-16)11-12-24-17-9-7-15(19)8-10-17/h2-10,14H,11-13H2,1H3. The zero-order valence-electron chi connectivity index (χ0n) is 13.3. The van der Waals surface area contributed by atoms with Crippen molar-refractivity contribution in [2.45, 2.75) is 17.9 Å². The second-order valence-corrected chi connectivity index (χ2v) is 7.67. The van der Waals surface area contributed by atoms with Gasteiger partial charge in [0.2, 0.25) is 0 Å². The number of carbonyl (C=O) groups excluding carboxylic acids is 1. The van der Waals surface area contributed by atoms with Gasteiger partial charge in [0.1, 0.15) is 5.75 Å². The molecule has 0 radical (unpaired) electrons. The van der Waals surface area contributed by atoms with Crippen molar-refractivity contribution in [3.8, 4) is 5.75 Å². The van der Waals surface area contributed by atoms with Gasteiger partial charge in [0, 0.05) is 32.7 Å². The molecule has 0 saturated carbocycles. The first kappa shape index (κ1) is 19.4. The summed E-state index contributed by atoms with van der Waals surface area (Å²) in [7, 11) is 0. The highest BCUT2D eigenvalue weighted by Gasteiger charge is 2.21. The second-order valence-electron chi connectivity index (χ2n) is 5.18. The lowest BCUT2D eigenvalue weighted by Gasteiger charge is -2.27. The summed E-state index contributed by atoms with van der Waals surface area (Å²) in [6.07, 6.45) is -0.304. The van der Waals surface area contributed by atoms with Crippen LogP contribution in [0.15, 0.2) is 59.5 Å². The zero-order valence-corrected chi connectivity index (χ0v) is 17.1. The van der Waals surface area contributed by atoms with E-state index in [2.05, 4.69) is 22.6 Å². The average Bonchev–Trinajstić information content (AvgIpc) is 2.60. The van der Waals surface area contributed by atoms with Crippen molar-refractivity contribution in [1.82, 2.24) is 4.90 Å². The van der Waals surface area contributed by atoms with E-state index < -0.39 is 0 Å². The first-order valence-corrected chi connectivity index (χ1v) is 10.5. The Morgan fingerprint density at radius 2 is 1.88 bits per heavy atom. The summed E-state index contributed by atoms with van der Waals surface area (Å²) in [5.74, 6) is 1.37. The Kier molecular flexibility index (Phi) is 8.21. The predicted molar refractivity (Wildman–Crippen MR) is 110 cm³/mol. The van der Waals surface area contributed by atoms with E-state index in [1.165, 1.54) is 0 Å². The van der Waals surface area contributed by atoms with E-state index in [0.29, 0.717) is 12.3 Å². The molecule has 1 amide bonds. The maximum atomic E-state index is 12.5. The quantitative estimate of drug-likeness (QED) is 0.290. The molecule has 0 aliphatic rings. The number of ether oxygens (including phenoxy) is 1. The molecule has 3 nitrogen and oxygen atoms in total. The molecule has 2 rings (SSSR count). The summed E-state index contributed by atoms with van der Waals surface area (Å²) < 4.78 is 6.33. The maximum Gasteiger partial charge on any atom is 0.415 e. The van der Waals surface area contributed by atoms with Crippen LogP contribution in [-0.4, -0.2) is 33.8 Å². The SMILES string of the molecule is CC(CI)N(CCSc1ccc(Cl)cc1)C(=O)Oc1ccccc1. The number of hydrogen-bond acceptors (Lipinski definition) is 3. The number of rotatable bonds is 7. The van der Waals surface area contributed by atoms with Gasteiger partial charge in [-0.25, -0.2) is 4.79 Å². The molecule has 0 spiro atoms. The Bertz CT molecular complexity index is 639. The molecule has 0 aromatic heterocycles. The first-order valence-electron chi connectivity index (χ1n) is 7.58. The van der Waals surface area contributed by atoms with E-state index >= 15 is 0 Å². The molecule has 2 aromatic rings. The van der Waals surface area contributed by atoms with Gasteiger partial charge >= 0.3 is 6.09 Å². The fourth-order valence-corrected chi connectivity index (χ4v) is 3.47. The summed E-state index contributed by atoms with van der Waals surface area (Å²) in [6.45, 7) is 2.66. The number of thioether (sulfide) groups is 1. The molecule has 0 saturated heterocycles. The van der Waals surface area contributed by atoms with Crippen LogP contribution in [0.25, 0.3) is 0 Å². The van der Waals surface area contributed by atoms with Crippen LogP contribution in [0.5, 0.6) is 5.75 Å². The molecule has 0 N–H and O–H groups in total. The van der Waals surface area contributed by atoms with Gasteiger partial charge < -0.3 is 9.64 Å². The lowest BCUT2D eigenvalue weighted by molar-refractivity contribution is 0.144. The molecule has 0 heterocycles. The van der Waals surface area contributed by atoms with Gasteiger partial charge in [0.25, 0.3) is 0 Å².